The van der Waals surface area contributed by atoms with Crippen LogP contribution >= 0.6 is 12.4 Å². The van der Waals surface area contributed by atoms with E-state index in [1.165, 1.54) is 12.1 Å². The Balaban J connectivity index is 0.00000264. The molecule has 1 aromatic carbocycles. The number of piperidine rings is 1. The topological polar surface area (TPSA) is 41.6 Å². The van der Waals surface area contributed by atoms with Crippen LogP contribution in [0.1, 0.15) is 29.6 Å². The maximum Gasteiger partial charge on any atom is 0.387 e. The van der Waals surface area contributed by atoms with Gasteiger partial charge in [-0.3, -0.25) is 4.79 Å². The van der Waals surface area contributed by atoms with Crippen molar-refractivity contribution in [3.8, 4) is 5.75 Å². The zero-order chi connectivity index (χ0) is 15.9. The minimum atomic E-state index is -2.88. The summed E-state index contributed by atoms with van der Waals surface area (Å²) in [5.41, 5.74) is 0.395. The van der Waals surface area contributed by atoms with Crippen LogP contribution in [0.3, 0.4) is 0 Å². The molecule has 0 radical (unpaired) electrons. The Morgan fingerprint density at radius 3 is 2.70 bits per heavy atom. The van der Waals surface area contributed by atoms with Crippen LogP contribution in [0.25, 0.3) is 0 Å². The highest BCUT2D eigenvalue weighted by Gasteiger charge is 2.23. The fraction of sp³-hybridized carbons (Fsp3) is 0.562. The third-order valence-corrected chi connectivity index (χ3v) is 4.01. The summed E-state index contributed by atoms with van der Waals surface area (Å²) in [4.78, 5) is 14.2. The van der Waals surface area contributed by atoms with E-state index in [0.717, 1.165) is 25.8 Å². The zero-order valence-electron chi connectivity index (χ0n) is 13.1. The van der Waals surface area contributed by atoms with Crippen molar-refractivity contribution in [2.24, 2.45) is 5.92 Å². The lowest BCUT2D eigenvalue weighted by Gasteiger charge is -2.32. The van der Waals surface area contributed by atoms with Crippen molar-refractivity contribution in [3.63, 3.8) is 0 Å². The van der Waals surface area contributed by atoms with E-state index in [1.807, 2.05) is 7.05 Å². The molecule has 7 heteroatoms. The number of hydrogen-bond donors (Lipinski definition) is 1. The number of likely N-dealkylation sites (tertiary alicyclic amines) is 1. The third kappa shape index (κ3) is 5.95. The van der Waals surface area contributed by atoms with Crippen LogP contribution in [0, 0.1) is 5.92 Å². The maximum absolute atomic E-state index is 12.4. The lowest BCUT2D eigenvalue weighted by atomic mass is 9.93. The van der Waals surface area contributed by atoms with E-state index in [9.17, 15) is 13.6 Å². The summed E-state index contributed by atoms with van der Waals surface area (Å²) in [5, 5.41) is 3.14. The number of rotatable bonds is 6. The van der Waals surface area contributed by atoms with Crippen molar-refractivity contribution in [1.29, 1.82) is 0 Å². The predicted octanol–water partition coefficient (Wildman–Crippen LogP) is 3.17. The van der Waals surface area contributed by atoms with Crippen LogP contribution in [-0.2, 0) is 0 Å². The molecule has 0 aromatic heterocycles. The van der Waals surface area contributed by atoms with E-state index in [4.69, 9.17) is 0 Å². The molecule has 0 bridgehead atoms. The second kappa shape index (κ2) is 9.67. The van der Waals surface area contributed by atoms with Crippen LogP contribution in [0.2, 0.25) is 0 Å². The summed E-state index contributed by atoms with van der Waals surface area (Å²) < 4.78 is 28.8. The number of nitrogens with one attached hydrogen (secondary N) is 1. The SMILES string of the molecule is CNCCC1CCN(C(=O)c2cccc(OC(F)F)c2)CC1.Cl. The van der Waals surface area contributed by atoms with Gasteiger partial charge in [-0.05, 0) is 57.0 Å². The molecule has 0 spiro atoms. The van der Waals surface area contributed by atoms with E-state index in [0.29, 0.717) is 24.6 Å². The van der Waals surface area contributed by atoms with Gasteiger partial charge in [-0.25, -0.2) is 0 Å². The van der Waals surface area contributed by atoms with Crippen LogP contribution in [0.4, 0.5) is 8.78 Å². The van der Waals surface area contributed by atoms with Gasteiger partial charge in [-0.2, -0.15) is 8.78 Å². The number of halogens is 3. The van der Waals surface area contributed by atoms with E-state index in [2.05, 4.69) is 10.1 Å². The lowest BCUT2D eigenvalue weighted by molar-refractivity contribution is -0.0499. The summed E-state index contributed by atoms with van der Waals surface area (Å²) in [7, 11) is 1.94. The van der Waals surface area contributed by atoms with Gasteiger partial charge in [-0.1, -0.05) is 6.07 Å². The molecule has 0 unspecified atom stereocenters. The number of carbonyl (C=O) groups excluding carboxylic acids is 1. The molecule has 1 fully saturated rings. The van der Waals surface area contributed by atoms with Crippen LogP contribution in [0.15, 0.2) is 24.3 Å². The maximum atomic E-state index is 12.4. The molecule has 2 rings (SSSR count). The number of amides is 1. The minimum absolute atomic E-state index is 0. The van der Waals surface area contributed by atoms with Crippen LogP contribution < -0.4 is 10.1 Å². The van der Waals surface area contributed by atoms with E-state index in [1.54, 1.807) is 17.0 Å². The average Bonchev–Trinajstić information content (AvgIpc) is 2.52. The Bertz CT molecular complexity index is 495. The van der Waals surface area contributed by atoms with E-state index < -0.39 is 6.61 Å². The highest BCUT2D eigenvalue weighted by molar-refractivity contribution is 5.94. The number of ether oxygens (including phenoxy) is 1. The largest absolute Gasteiger partial charge is 0.435 e. The summed E-state index contributed by atoms with van der Waals surface area (Å²) in [6.07, 6.45) is 3.09. The van der Waals surface area contributed by atoms with Crippen molar-refractivity contribution in [1.82, 2.24) is 10.2 Å². The van der Waals surface area contributed by atoms with Gasteiger partial charge in [0.05, 0.1) is 0 Å². The molecule has 0 aliphatic carbocycles. The lowest BCUT2D eigenvalue weighted by Crippen LogP contribution is -2.38. The summed E-state index contributed by atoms with van der Waals surface area (Å²) in [6.45, 7) is -0.459. The molecule has 1 aliphatic rings. The number of hydrogen-bond acceptors (Lipinski definition) is 3. The Morgan fingerprint density at radius 2 is 2.09 bits per heavy atom. The van der Waals surface area contributed by atoms with Crippen LogP contribution in [-0.4, -0.2) is 44.1 Å². The summed E-state index contributed by atoms with van der Waals surface area (Å²) in [5.74, 6) is 0.543. The Hall–Kier alpha value is -1.40. The highest BCUT2D eigenvalue weighted by atomic mass is 35.5. The van der Waals surface area contributed by atoms with Crippen molar-refractivity contribution >= 4 is 18.3 Å². The van der Waals surface area contributed by atoms with Crippen molar-refractivity contribution in [2.45, 2.75) is 25.9 Å². The highest BCUT2D eigenvalue weighted by Crippen LogP contribution is 2.23. The monoisotopic (exact) mass is 348 g/mol. The van der Waals surface area contributed by atoms with Gasteiger partial charge < -0.3 is 15.0 Å². The molecule has 23 heavy (non-hydrogen) atoms. The Morgan fingerprint density at radius 1 is 1.39 bits per heavy atom. The van der Waals surface area contributed by atoms with Gasteiger partial charge in [0.25, 0.3) is 5.91 Å². The molecule has 0 saturated carbocycles. The van der Waals surface area contributed by atoms with Gasteiger partial charge in [0.1, 0.15) is 5.75 Å². The first-order chi connectivity index (χ1) is 10.6. The first kappa shape index (κ1) is 19.6. The zero-order valence-corrected chi connectivity index (χ0v) is 14.0. The molecular weight excluding hydrogens is 326 g/mol. The van der Waals surface area contributed by atoms with Crippen molar-refractivity contribution in [2.75, 3.05) is 26.7 Å². The fourth-order valence-corrected chi connectivity index (χ4v) is 2.76. The second-order valence-corrected chi connectivity index (χ2v) is 5.53. The quantitative estimate of drug-likeness (QED) is 0.858. The number of alkyl halides is 2. The minimum Gasteiger partial charge on any atom is -0.435 e. The Labute approximate surface area is 141 Å². The average molecular weight is 349 g/mol. The molecule has 130 valence electrons. The van der Waals surface area contributed by atoms with E-state index >= 15 is 0 Å². The fourth-order valence-electron chi connectivity index (χ4n) is 2.76. The van der Waals surface area contributed by atoms with Crippen LogP contribution in [0.5, 0.6) is 5.75 Å². The third-order valence-electron chi connectivity index (χ3n) is 4.01. The second-order valence-electron chi connectivity index (χ2n) is 5.53. The number of carbonyl (C=O) groups is 1. The molecule has 1 aliphatic heterocycles. The van der Waals surface area contributed by atoms with Gasteiger partial charge in [-0.15, -0.1) is 12.4 Å². The molecule has 4 nitrogen and oxygen atoms in total. The normalized spacial score (nSPS) is 15.4. The van der Waals surface area contributed by atoms with Gasteiger partial charge >= 0.3 is 6.61 Å². The molecule has 1 N–H and O–H groups in total. The number of nitrogens with zero attached hydrogens (tertiary/aromatic N) is 1. The Kier molecular flexibility index (Phi) is 8.26. The van der Waals surface area contributed by atoms with E-state index in [-0.39, 0.29) is 24.1 Å². The number of benzene rings is 1. The predicted molar refractivity (Wildman–Crippen MR) is 87.5 cm³/mol. The smallest absolute Gasteiger partial charge is 0.387 e. The summed E-state index contributed by atoms with van der Waals surface area (Å²) in [6, 6.07) is 5.99. The molecule has 0 atom stereocenters. The molecular formula is C16H23ClF2N2O2. The molecule has 1 saturated heterocycles. The van der Waals surface area contributed by atoms with Crippen molar-refractivity contribution in [3.05, 3.63) is 29.8 Å². The van der Waals surface area contributed by atoms with Crippen molar-refractivity contribution < 1.29 is 18.3 Å². The molecule has 1 heterocycles. The first-order valence-electron chi connectivity index (χ1n) is 7.59. The van der Waals surface area contributed by atoms with Gasteiger partial charge in [0, 0.05) is 18.7 Å². The van der Waals surface area contributed by atoms with Gasteiger partial charge in [0.15, 0.2) is 0 Å². The summed E-state index contributed by atoms with van der Waals surface area (Å²) >= 11 is 0. The molecule has 1 amide bonds. The van der Waals surface area contributed by atoms with Gasteiger partial charge in [0.2, 0.25) is 0 Å². The first-order valence-corrected chi connectivity index (χ1v) is 7.59. The molecule has 1 aromatic rings. The standard InChI is InChI=1S/C16H22F2N2O2.ClH/c1-19-8-5-12-6-9-20(10-7-12)15(21)13-3-2-4-14(11-13)22-16(17)18;/h2-4,11-12,16,19H,5-10H2,1H3;1H.